The highest BCUT2D eigenvalue weighted by molar-refractivity contribution is 9.10. The Bertz CT molecular complexity index is 585. The Balaban J connectivity index is 2.22. The first-order valence-electron chi connectivity index (χ1n) is 6.03. The van der Waals surface area contributed by atoms with E-state index in [1.165, 1.54) is 11.3 Å². The van der Waals surface area contributed by atoms with Crippen LogP contribution in [0.3, 0.4) is 0 Å². The normalized spacial score (nSPS) is 11.9. The minimum atomic E-state index is -0.521. The van der Waals surface area contributed by atoms with Gasteiger partial charge in [-0.05, 0) is 53.2 Å². The Labute approximate surface area is 135 Å². The van der Waals surface area contributed by atoms with Crippen molar-refractivity contribution in [1.29, 1.82) is 0 Å². The second-order valence-corrected chi connectivity index (χ2v) is 6.30. The second-order valence-electron chi connectivity index (χ2n) is 4.00. The summed E-state index contributed by atoms with van der Waals surface area (Å²) in [6, 6.07) is 8.60. The van der Waals surface area contributed by atoms with Crippen LogP contribution in [0.4, 0.5) is 5.69 Å². The molecular weight excluding hydrogens is 362 g/mol. The van der Waals surface area contributed by atoms with E-state index in [-0.39, 0.29) is 5.97 Å². The summed E-state index contributed by atoms with van der Waals surface area (Å²) in [6.07, 6.45) is 0. The lowest BCUT2D eigenvalue weighted by atomic mass is 10.2. The number of thiophene rings is 1. The summed E-state index contributed by atoms with van der Waals surface area (Å²) in [5.41, 5.74) is 0.817. The molecule has 1 unspecified atom stereocenters. The summed E-state index contributed by atoms with van der Waals surface area (Å²) < 4.78 is 6.08. The molecule has 0 saturated heterocycles. The smallest absolute Gasteiger partial charge is 0.334 e. The Morgan fingerprint density at radius 3 is 2.70 bits per heavy atom. The predicted molar refractivity (Wildman–Crippen MR) is 86.5 cm³/mol. The number of rotatable bonds is 5. The Morgan fingerprint density at radius 1 is 1.45 bits per heavy atom. The third kappa shape index (κ3) is 3.98. The molecule has 1 heterocycles. The fraction of sp³-hybridized carbons (Fsp3) is 0.214. The highest BCUT2D eigenvalue weighted by atomic mass is 79.9. The monoisotopic (exact) mass is 373 g/mol. The second kappa shape index (κ2) is 7.11. The molecule has 0 bridgehead atoms. The van der Waals surface area contributed by atoms with E-state index in [9.17, 15) is 4.79 Å². The van der Waals surface area contributed by atoms with E-state index in [1.54, 1.807) is 19.1 Å². The molecule has 0 spiro atoms. The van der Waals surface area contributed by atoms with Crippen LogP contribution in [0.5, 0.6) is 0 Å². The van der Waals surface area contributed by atoms with Crippen molar-refractivity contribution in [3.8, 4) is 0 Å². The number of esters is 1. The molecule has 1 atom stereocenters. The van der Waals surface area contributed by atoms with Gasteiger partial charge in [-0.3, -0.25) is 0 Å². The van der Waals surface area contributed by atoms with Gasteiger partial charge in [0.15, 0.2) is 6.04 Å². The van der Waals surface area contributed by atoms with E-state index >= 15 is 0 Å². The van der Waals surface area contributed by atoms with Crippen molar-refractivity contribution in [2.75, 3.05) is 11.9 Å². The van der Waals surface area contributed by atoms with Crippen LogP contribution in [0.25, 0.3) is 0 Å². The van der Waals surface area contributed by atoms with Crippen LogP contribution in [0.2, 0.25) is 5.02 Å². The van der Waals surface area contributed by atoms with Gasteiger partial charge in [-0.2, -0.15) is 0 Å². The molecule has 3 nitrogen and oxygen atoms in total. The average Bonchev–Trinajstić information content (AvgIpc) is 2.84. The van der Waals surface area contributed by atoms with Crippen LogP contribution in [-0.4, -0.2) is 12.6 Å². The summed E-state index contributed by atoms with van der Waals surface area (Å²) >= 11 is 10.8. The lowest BCUT2D eigenvalue weighted by molar-refractivity contribution is -0.144. The lowest BCUT2D eigenvalue weighted by Gasteiger charge is -2.17. The van der Waals surface area contributed by atoms with Crippen molar-refractivity contribution in [1.82, 2.24) is 0 Å². The molecule has 0 fully saturated rings. The van der Waals surface area contributed by atoms with Crippen LogP contribution >= 0.6 is 38.9 Å². The van der Waals surface area contributed by atoms with Gasteiger partial charge in [0, 0.05) is 25.4 Å². The average molecular weight is 375 g/mol. The quantitative estimate of drug-likeness (QED) is 0.758. The van der Waals surface area contributed by atoms with E-state index in [0.717, 1.165) is 15.0 Å². The SMILES string of the molecule is CCOC(=O)C(Nc1ccc(Cl)cc1)c1cc(Br)cs1. The molecule has 1 aromatic heterocycles. The summed E-state index contributed by atoms with van der Waals surface area (Å²) in [5, 5.41) is 5.77. The first kappa shape index (κ1) is 15.4. The molecule has 0 aliphatic carbocycles. The molecule has 20 heavy (non-hydrogen) atoms. The Hall–Kier alpha value is -1.04. The molecule has 0 amide bonds. The van der Waals surface area contributed by atoms with Gasteiger partial charge in [-0.25, -0.2) is 4.79 Å². The minimum absolute atomic E-state index is 0.295. The number of benzene rings is 1. The first-order valence-corrected chi connectivity index (χ1v) is 8.08. The van der Waals surface area contributed by atoms with Crippen LogP contribution in [-0.2, 0) is 9.53 Å². The van der Waals surface area contributed by atoms with Gasteiger partial charge in [0.25, 0.3) is 0 Å². The number of anilines is 1. The molecule has 0 aliphatic heterocycles. The zero-order chi connectivity index (χ0) is 14.5. The standard InChI is InChI=1S/C14H13BrClNO2S/c1-2-19-14(18)13(12-7-9(15)8-20-12)17-11-5-3-10(16)4-6-11/h3-8,13,17H,2H2,1H3. The molecule has 2 aromatic rings. The van der Waals surface area contributed by atoms with Gasteiger partial charge in [0.1, 0.15) is 0 Å². The number of hydrogen-bond donors (Lipinski definition) is 1. The van der Waals surface area contributed by atoms with E-state index in [1.807, 2.05) is 23.6 Å². The summed E-state index contributed by atoms with van der Waals surface area (Å²) in [5.74, 6) is -0.295. The van der Waals surface area contributed by atoms with Crippen LogP contribution in [0, 0.1) is 0 Å². The van der Waals surface area contributed by atoms with Crippen LogP contribution < -0.4 is 5.32 Å². The molecule has 0 saturated carbocycles. The minimum Gasteiger partial charge on any atom is -0.464 e. The van der Waals surface area contributed by atoms with Crippen molar-refractivity contribution in [2.45, 2.75) is 13.0 Å². The molecule has 1 aromatic carbocycles. The lowest BCUT2D eigenvalue weighted by Crippen LogP contribution is -2.22. The van der Waals surface area contributed by atoms with E-state index in [0.29, 0.717) is 11.6 Å². The van der Waals surface area contributed by atoms with Crippen molar-refractivity contribution >= 4 is 50.5 Å². The topological polar surface area (TPSA) is 38.3 Å². The third-order valence-corrected chi connectivity index (χ3v) is 4.56. The third-order valence-electron chi connectivity index (χ3n) is 2.55. The number of ether oxygens (including phenoxy) is 1. The van der Waals surface area contributed by atoms with Crippen molar-refractivity contribution in [2.24, 2.45) is 0 Å². The van der Waals surface area contributed by atoms with Crippen LogP contribution in [0.15, 0.2) is 40.2 Å². The van der Waals surface area contributed by atoms with Gasteiger partial charge in [0.05, 0.1) is 6.61 Å². The van der Waals surface area contributed by atoms with E-state index < -0.39 is 6.04 Å². The van der Waals surface area contributed by atoms with Crippen LogP contribution in [0.1, 0.15) is 17.8 Å². The summed E-state index contributed by atoms with van der Waals surface area (Å²) in [6.45, 7) is 2.14. The van der Waals surface area contributed by atoms with Gasteiger partial charge < -0.3 is 10.1 Å². The molecule has 0 radical (unpaired) electrons. The fourth-order valence-electron chi connectivity index (χ4n) is 1.66. The Kier molecular flexibility index (Phi) is 5.46. The van der Waals surface area contributed by atoms with E-state index in [2.05, 4.69) is 21.2 Å². The highest BCUT2D eigenvalue weighted by Gasteiger charge is 2.23. The van der Waals surface area contributed by atoms with Gasteiger partial charge >= 0.3 is 5.97 Å². The maximum Gasteiger partial charge on any atom is 0.334 e. The first-order chi connectivity index (χ1) is 9.60. The molecule has 6 heteroatoms. The predicted octanol–water partition coefficient (Wildman–Crippen LogP) is 4.88. The summed E-state index contributed by atoms with van der Waals surface area (Å²) in [7, 11) is 0. The largest absolute Gasteiger partial charge is 0.464 e. The number of hydrogen-bond acceptors (Lipinski definition) is 4. The summed E-state index contributed by atoms with van der Waals surface area (Å²) in [4.78, 5) is 13.0. The molecular formula is C14H13BrClNO2S. The number of nitrogens with one attached hydrogen (secondary N) is 1. The van der Waals surface area contributed by atoms with Gasteiger partial charge in [0.2, 0.25) is 0 Å². The fourth-order valence-corrected chi connectivity index (χ4v) is 3.27. The highest BCUT2D eigenvalue weighted by Crippen LogP contribution is 2.29. The zero-order valence-electron chi connectivity index (χ0n) is 10.7. The molecule has 106 valence electrons. The molecule has 0 aliphatic rings. The van der Waals surface area contributed by atoms with E-state index in [4.69, 9.17) is 16.3 Å². The van der Waals surface area contributed by atoms with Gasteiger partial charge in [-0.15, -0.1) is 11.3 Å². The van der Waals surface area contributed by atoms with Crippen molar-refractivity contribution < 1.29 is 9.53 Å². The van der Waals surface area contributed by atoms with Crippen molar-refractivity contribution in [3.05, 3.63) is 50.1 Å². The van der Waals surface area contributed by atoms with Crippen molar-refractivity contribution in [3.63, 3.8) is 0 Å². The maximum atomic E-state index is 12.1. The number of carbonyl (C=O) groups is 1. The van der Waals surface area contributed by atoms with Gasteiger partial charge in [-0.1, -0.05) is 11.6 Å². The molecule has 1 N–H and O–H groups in total. The maximum absolute atomic E-state index is 12.1. The molecule has 2 rings (SSSR count). The number of carbonyl (C=O) groups excluding carboxylic acids is 1. The zero-order valence-corrected chi connectivity index (χ0v) is 13.9. The number of halogens is 2. The Morgan fingerprint density at radius 2 is 2.15 bits per heavy atom.